The number of hydrogen-bond acceptors (Lipinski definition) is 6. The first-order chi connectivity index (χ1) is 18.0. The highest BCUT2D eigenvalue weighted by molar-refractivity contribution is 6.06. The number of para-hydroxylation sites is 1. The zero-order valence-corrected chi connectivity index (χ0v) is 20.6. The topological polar surface area (TPSA) is 133 Å². The normalized spacial score (nSPS) is 13.6. The fourth-order valence-electron chi connectivity index (χ4n) is 4.60. The molecule has 0 spiro atoms. The lowest BCUT2D eigenvalue weighted by atomic mass is 10.1. The Morgan fingerprint density at radius 2 is 1.86 bits per heavy atom. The number of likely N-dealkylation sites (tertiary alicyclic amines) is 1. The molecule has 5 heterocycles. The van der Waals surface area contributed by atoms with Crippen LogP contribution < -0.4 is 5.32 Å². The lowest BCUT2D eigenvalue weighted by Gasteiger charge is -2.15. The Morgan fingerprint density at radius 1 is 1.05 bits per heavy atom. The number of anilines is 1. The molecule has 1 saturated heterocycles. The van der Waals surface area contributed by atoms with E-state index in [4.69, 9.17) is 4.98 Å². The van der Waals surface area contributed by atoms with Gasteiger partial charge >= 0.3 is 0 Å². The van der Waals surface area contributed by atoms with E-state index >= 15 is 0 Å². The van der Waals surface area contributed by atoms with Gasteiger partial charge in [0.15, 0.2) is 11.5 Å². The second-order valence-electron chi connectivity index (χ2n) is 9.59. The van der Waals surface area contributed by atoms with Crippen LogP contribution in [0, 0.1) is 5.92 Å². The molecule has 1 aliphatic heterocycles. The molecule has 6 rings (SSSR count). The number of hydrogen-bond donors (Lipinski definition) is 3. The SMILES string of the molecule is CC(C)C(=O)Nc1cncc(-c2cnc3n[nH]c(-c4nc5c(C(=O)N6CCCC6)cccc5[nH]4)c3c2)c1. The summed E-state index contributed by atoms with van der Waals surface area (Å²) in [6.07, 6.45) is 7.14. The van der Waals surface area contributed by atoms with Crippen molar-refractivity contribution in [1.29, 1.82) is 0 Å². The number of amides is 2. The molecule has 0 saturated carbocycles. The maximum Gasteiger partial charge on any atom is 0.256 e. The van der Waals surface area contributed by atoms with Crippen molar-refractivity contribution >= 4 is 39.6 Å². The van der Waals surface area contributed by atoms with Crippen molar-refractivity contribution in [3.05, 3.63) is 54.5 Å². The summed E-state index contributed by atoms with van der Waals surface area (Å²) < 4.78 is 0. The Labute approximate surface area is 212 Å². The van der Waals surface area contributed by atoms with Crippen molar-refractivity contribution in [3.63, 3.8) is 0 Å². The van der Waals surface area contributed by atoms with E-state index < -0.39 is 0 Å². The summed E-state index contributed by atoms with van der Waals surface area (Å²) in [5, 5.41) is 11.1. The third kappa shape index (κ3) is 4.20. The predicted octanol–water partition coefficient (Wildman–Crippen LogP) is 4.39. The number of imidazole rings is 1. The van der Waals surface area contributed by atoms with Gasteiger partial charge in [0.25, 0.3) is 5.91 Å². The smallest absolute Gasteiger partial charge is 0.256 e. The molecular weight excluding hydrogens is 468 g/mol. The van der Waals surface area contributed by atoms with Crippen molar-refractivity contribution in [2.75, 3.05) is 18.4 Å². The first-order valence-electron chi connectivity index (χ1n) is 12.4. The molecule has 5 aromatic rings. The average molecular weight is 495 g/mol. The van der Waals surface area contributed by atoms with Crippen LogP contribution in [0.15, 0.2) is 48.9 Å². The first kappa shape index (κ1) is 22.8. The molecule has 0 radical (unpaired) electrons. The van der Waals surface area contributed by atoms with Gasteiger partial charge in [-0.2, -0.15) is 5.10 Å². The van der Waals surface area contributed by atoms with Gasteiger partial charge in [-0.05, 0) is 37.1 Å². The first-order valence-corrected chi connectivity index (χ1v) is 12.4. The van der Waals surface area contributed by atoms with E-state index in [9.17, 15) is 9.59 Å². The number of carbonyl (C=O) groups excluding carboxylic acids is 2. The molecular formula is C27H26N8O2. The average Bonchev–Trinajstić information content (AvgIpc) is 3.67. The van der Waals surface area contributed by atoms with Crippen LogP contribution in [0.3, 0.4) is 0 Å². The Balaban J connectivity index is 1.38. The quantitative estimate of drug-likeness (QED) is 0.332. The van der Waals surface area contributed by atoms with Gasteiger partial charge < -0.3 is 15.2 Å². The van der Waals surface area contributed by atoms with Gasteiger partial charge in [0.05, 0.1) is 28.4 Å². The number of H-pyrrole nitrogens is 2. The molecule has 186 valence electrons. The summed E-state index contributed by atoms with van der Waals surface area (Å²) in [5.41, 5.74) is 5.49. The molecule has 1 fully saturated rings. The molecule has 0 aliphatic carbocycles. The number of aromatic amines is 2. The van der Waals surface area contributed by atoms with Gasteiger partial charge in [0, 0.05) is 42.5 Å². The van der Waals surface area contributed by atoms with E-state index in [0.717, 1.165) is 48.0 Å². The van der Waals surface area contributed by atoms with Crippen LogP contribution in [0.25, 0.3) is 44.7 Å². The minimum atomic E-state index is -0.134. The van der Waals surface area contributed by atoms with E-state index in [-0.39, 0.29) is 17.7 Å². The van der Waals surface area contributed by atoms with E-state index in [2.05, 4.69) is 30.5 Å². The molecule has 0 atom stereocenters. The molecule has 37 heavy (non-hydrogen) atoms. The summed E-state index contributed by atoms with van der Waals surface area (Å²) in [6.45, 7) is 5.25. The number of fused-ring (bicyclic) bond motifs is 2. The van der Waals surface area contributed by atoms with Gasteiger partial charge in [-0.15, -0.1) is 0 Å². The minimum Gasteiger partial charge on any atom is -0.339 e. The highest BCUT2D eigenvalue weighted by atomic mass is 16.2. The van der Waals surface area contributed by atoms with Gasteiger partial charge in [-0.25, -0.2) is 9.97 Å². The van der Waals surface area contributed by atoms with Crippen molar-refractivity contribution < 1.29 is 9.59 Å². The number of aromatic nitrogens is 6. The van der Waals surface area contributed by atoms with Gasteiger partial charge in [-0.1, -0.05) is 19.9 Å². The molecule has 10 heteroatoms. The van der Waals surface area contributed by atoms with Crippen LogP contribution >= 0.6 is 0 Å². The van der Waals surface area contributed by atoms with Crippen molar-refractivity contribution in [3.8, 4) is 22.6 Å². The highest BCUT2D eigenvalue weighted by Crippen LogP contribution is 2.31. The molecule has 10 nitrogen and oxygen atoms in total. The summed E-state index contributed by atoms with van der Waals surface area (Å²) in [6, 6.07) is 9.45. The summed E-state index contributed by atoms with van der Waals surface area (Å²) in [5.74, 6) is 0.382. The Kier molecular flexibility index (Phi) is 5.63. The molecule has 3 N–H and O–H groups in total. The predicted molar refractivity (Wildman–Crippen MR) is 141 cm³/mol. The van der Waals surface area contributed by atoms with Gasteiger partial charge in [-0.3, -0.25) is 19.7 Å². The third-order valence-corrected chi connectivity index (χ3v) is 6.65. The monoisotopic (exact) mass is 494 g/mol. The van der Waals surface area contributed by atoms with Crippen LogP contribution in [0.5, 0.6) is 0 Å². The van der Waals surface area contributed by atoms with Crippen molar-refractivity contribution in [2.24, 2.45) is 5.92 Å². The maximum atomic E-state index is 13.1. The number of nitrogens with zero attached hydrogens (tertiary/aromatic N) is 5. The summed E-state index contributed by atoms with van der Waals surface area (Å²) in [7, 11) is 0. The lowest BCUT2D eigenvalue weighted by Crippen LogP contribution is -2.27. The maximum absolute atomic E-state index is 13.1. The van der Waals surface area contributed by atoms with Crippen LogP contribution in [0.1, 0.15) is 37.0 Å². The largest absolute Gasteiger partial charge is 0.339 e. The molecule has 1 aliphatic rings. The molecule has 0 bridgehead atoms. The van der Waals surface area contributed by atoms with E-state index in [1.807, 2.05) is 49.1 Å². The van der Waals surface area contributed by atoms with E-state index in [1.165, 1.54) is 0 Å². The fraction of sp³-hybridized carbons (Fsp3) is 0.259. The van der Waals surface area contributed by atoms with Crippen LogP contribution in [-0.4, -0.2) is 59.9 Å². The lowest BCUT2D eigenvalue weighted by molar-refractivity contribution is -0.118. The van der Waals surface area contributed by atoms with Gasteiger partial charge in [0.2, 0.25) is 5.91 Å². The highest BCUT2D eigenvalue weighted by Gasteiger charge is 2.23. The molecule has 0 unspecified atom stereocenters. The van der Waals surface area contributed by atoms with Crippen LogP contribution in [0.4, 0.5) is 5.69 Å². The van der Waals surface area contributed by atoms with Gasteiger partial charge in [0.1, 0.15) is 11.2 Å². The standard InChI is InChI=1S/C27H26N8O2/c1-15(2)26(36)30-18-10-16(12-28-14-18)17-11-20-23(33-34-24(20)29-13-17)25-31-21-7-5-6-19(22(21)32-25)27(37)35-8-3-4-9-35/h5-7,10-15H,3-4,8-9H2,1-2H3,(H,30,36)(H,31,32)(H,29,33,34). The molecule has 1 aromatic carbocycles. The van der Waals surface area contributed by atoms with Crippen molar-refractivity contribution in [2.45, 2.75) is 26.7 Å². The molecule has 2 amide bonds. The number of nitrogens with one attached hydrogen (secondary N) is 3. The Bertz CT molecular complexity index is 1650. The second-order valence-corrected chi connectivity index (χ2v) is 9.59. The van der Waals surface area contributed by atoms with Crippen LogP contribution in [0.2, 0.25) is 0 Å². The Hall–Kier alpha value is -4.60. The third-order valence-electron chi connectivity index (χ3n) is 6.65. The summed E-state index contributed by atoms with van der Waals surface area (Å²) in [4.78, 5) is 44.1. The fourth-order valence-corrected chi connectivity index (χ4v) is 4.60. The van der Waals surface area contributed by atoms with Crippen molar-refractivity contribution in [1.82, 2.24) is 35.0 Å². The number of pyridine rings is 2. The molecule has 4 aromatic heterocycles. The summed E-state index contributed by atoms with van der Waals surface area (Å²) >= 11 is 0. The zero-order valence-electron chi connectivity index (χ0n) is 20.6. The zero-order chi connectivity index (χ0) is 25.5. The minimum absolute atomic E-state index is 0.0107. The van der Waals surface area contributed by atoms with E-state index in [0.29, 0.717) is 33.9 Å². The number of benzene rings is 1. The Morgan fingerprint density at radius 3 is 2.68 bits per heavy atom. The number of carbonyl (C=O) groups is 2. The number of rotatable bonds is 5. The van der Waals surface area contributed by atoms with Crippen LogP contribution in [-0.2, 0) is 4.79 Å². The second kappa shape index (κ2) is 9.12. The van der Waals surface area contributed by atoms with E-state index in [1.54, 1.807) is 18.6 Å².